The first-order valence-corrected chi connectivity index (χ1v) is 5.19. The topological polar surface area (TPSA) is 40.5 Å². The molecule has 0 unspecified atom stereocenters. The summed E-state index contributed by atoms with van der Waals surface area (Å²) in [7, 11) is 0. The Morgan fingerprint density at radius 2 is 2.00 bits per heavy atom. The third kappa shape index (κ3) is 1.75. The Hall–Kier alpha value is -1.35. The summed E-state index contributed by atoms with van der Waals surface area (Å²) in [4.78, 5) is 13.3. The van der Waals surface area contributed by atoms with Crippen molar-refractivity contribution in [2.45, 2.75) is 19.5 Å². The maximum Gasteiger partial charge on any atom is 0.228 e. The fourth-order valence-corrected chi connectivity index (χ4v) is 2.01. The van der Waals surface area contributed by atoms with Gasteiger partial charge in [-0.25, -0.2) is 0 Å². The van der Waals surface area contributed by atoms with Gasteiger partial charge >= 0.3 is 0 Å². The zero-order valence-corrected chi connectivity index (χ0v) is 8.76. The second-order valence-electron chi connectivity index (χ2n) is 3.99. The lowest BCUT2D eigenvalue weighted by Gasteiger charge is -2.45. The first kappa shape index (κ1) is 10.2. The summed E-state index contributed by atoms with van der Waals surface area (Å²) in [5, 5.41) is 9.13. The number of carbonyl (C=O) groups excluding carboxylic acids is 1. The van der Waals surface area contributed by atoms with E-state index >= 15 is 0 Å². The minimum atomic E-state index is -0.0290. The molecule has 2 rings (SSSR count). The Labute approximate surface area is 89.3 Å². The Morgan fingerprint density at radius 1 is 1.33 bits per heavy atom. The van der Waals surface area contributed by atoms with Gasteiger partial charge in [0, 0.05) is 6.54 Å². The number of rotatable bonds is 3. The van der Waals surface area contributed by atoms with Crippen LogP contribution < -0.4 is 0 Å². The zero-order valence-electron chi connectivity index (χ0n) is 8.76. The van der Waals surface area contributed by atoms with Crippen LogP contribution >= 0.6 is 0 Å². The van der Waals surface area contributed by atoms with E-state index in [0.717, 1.165) is 5.56 Å². The SMILES string of the molecule is C[C@@H]1C(=O)N(Cc2ccccc2)[C@@H]1CO. The maximum absolute atomic E-state index is 11.6. The van der Waals surface area contributed by atoms with Gasteiger partial charge in [-0.15, -0.1) is 0 Å². The van der Waals surface area contributed by atoms with Crippen LogP contribution in [0.2, 0.25) is 0 Å². The number of hydrogen-bond donors (Lipinski definition) is 1. The molecular weight excluding hydrogens is 190 g/mol. The second kappa shape index (κ2) is 4.03. The number of carbonyl (C=O) groups is 1. The molecule has 0 spiro atoms. The number of hydrogen-bond acceptors (Lipinski definition) is 2. The number of aliphatic hydroxyl groups is 1. The second-order valence-corrected chi connectivity index (χ2v) is 3.99. The van der Waals surface area contributed by atoms with E-state index in [1.54, 1.807) is 4.90 Å². The molecule has 1 aromatic rings. The molecular formula is C12H15NO2. The van der Waals surface area contributed by atoms with Crippen molar-refractivity contribution >= 4 is 5.91 Å². The lowest BCUT2D eigenvalue weighted by atomic mass is 9.89. The number of likely N-dealkylation sites (tertiary alicyclic amines) is 1. The van der Waals surface area contributed by atoms with Gasteiger partial charge in [-0.1, -0.05) is 37.3 Å². The Balaban J connectivity index is 2.04. The molecule has 1 aliphatic rings. The fraction of sp³-hybridized carbons (Fsp3) is 0.417. The van der Waals surface area contributed by atoms with Crippen LogP contribution in [0.3, 0.4) is 0 Å². The third-order valence-electron chi connectivity index (χ3n) is 3.03. The summed E-state index contributed by atoms with van der Waals surface area (Å²) in [6.45, 7) is 2.53. The van der Waals surface area contributed by atoms with Crippen LogP contribution in [0.25, 0.3) is 0 Å². The average molecular weight is 205 g/mol. The van der Waals surface area contributed by atoms with E-state index in [2.05, 4.69) is 0 Å². The Kier molecular flexibility index (Phi) is 2.73. The van der Waals surface area contributed by atoms with Crippen molar-refractivity contribution in [2.75, 3.05) is 6.61 Å². The van der Waals surface area contributed by atoms with Gasteiger partial charge in [0.05, 0.1) is 18.6 Å². The molecule has 1 amide bonds. The van der Waals surface area contributed by atoms with Gasteiger partial charge in [0.25, 0.3) is 0 Å². The van der Waals surface area contributed by atoms with Crippen LogP contribution in [0.15, 0.2) is 30.3 Å². The molecule has 3 heteroatoms. The first-order valence-electron chi connectivity index (χ1n) is 5.19. The van der Waals surface area contributed by atoms with Gasteiger partial charge in [-0.2, -0.15) is 0 Å². The molecule has 1 saturated heterocycles. The van der Waals surface area contributed by atoms with Gasteiger partial charge < -0.3 is 10.0 Å². The number of nitrogens with zero attached hydrogens (tertiary/aromatic N) is 1. The van der Waals surface area contributed by atoms with Crippen molar-refractivity contribution < 1.29 is 9.90 Å². The number of amides is 1. The molecule has 2 atom stereocenters. The van der Waals surface area contributed by atoms with E-state index in [1.165, 1.54) is 0 Å². The predicted molar refractivity (Wildman–Crippen MR) is 57.0 cm³/mol. The fourth-order valence-electron chi connectivity index (χ4n) is 2.01. The molecule has 0 aromatic heterocycles. The predicted octanol–water partition coefficient (Wildman–Crippen LogP) is 1.03. The summed E-state index contributed by atoms with van der Waals surface area (Å²) >= 11 is 0. The normalized spacial score (nSPS) is 25.2. The molecule has 0 bridgehead atoms. The molecule has 1 heterocycles. The molecule has 1 N–H and O–H groups in total. The highest BCUT2D eigenvalue weighted by atomic mass is 16.3. The molecule has 3 nitrogen and oxygen atoms in total. The molecule has 0 saturated carbocycles. The largest absolute Gasteiger partial charge is 0.394 e. The van der Waals surface area contributed by atoms with Crippen LogP contribution in [-0.4, -0.2) is 28.6 Å². The summed E-state index contributed by atoms with van der Waals surface area (Å²) in [5.74, 6) is 0.108. The highest BCUT2D eigenvalue weighted by Crippen LogP contribution is 2.27. The first-order chi connectivity index (χ1) is 7.24. The van der Waals surface area contributed by atoms with Crippen molar-refractivity contribution in [3.05, 3.63) is 35.9 Å². The standard InChI is InChI=1S/C12H15NO2/c1-9-11(8-14)13(12(9)15)7-10-5-3-2-4-6-10/h2-6,9,11,14H,7-8H2,1H3/t9-,11+/m0/s1. The smallest absolute Gasteiger partial charge is 0.228 e. The Bertz CT molecular complexity index is 350. The van der Waals surface area contributed by atoms with Crippen molar-refractivity contribution in [2.24, 2.45) is 5.92 Å². The van der Waals surface area contributed by atoms with E-state index in [1.807, 2.05) is 37.3 Å². The molecule has 80 valence electrons. The van der Waals surface area contributed by atoms with Crippen molar-refractivity contribution in [3.8, 4) is 0 Å². The van der Waals surface area contributed by atoms with Gasteiger partial charge in [-0.05, 0) is 5.56 Å². The molecule has 1 aliphatic heterocycles. The summed E-state index contributed by atoms with van der Waals surface area (Å²) < 4.78 is 0. The molecule has 15 heavy (non-hydrogen) atoms. The maximum atomic E-state index is 11.6. The summed E-state index contributed by atoms with van der Waals surface area (Å²) in [5.41, 5.74) is 1.11. The summed E-state index contributed by atoms with van der Waals surface area (Å²) in [6.07, 6.45) is 0. The van der Waals surface area contributed by atoms with Crippen molar-refractivity contribution in [3.63, 3.8) is 0 Å². The monoisotopic (exact) mass is 205 g/mol. The van der Waals surface area contributed by atoms with Crippen molar-refractivity contribution in [1.29, 1.82) is 0 Å². The van der Waals surface area contributed by atoms with Crippen LogP contribution in [-0.2, 0) is 11.3 Å². The van der Waals surface area contributed by atoms with Gasteiger partial charge in [0.2, 0.25) is 5.91 Å². The molecule has 1 fully saturated rings. The van der Waals surface area contributed by atoms with Gasteiger partial charge in [0.15, 0.2) is 0 Å². The van der Waals surface area contributed by atoms with E-state index in [4.69, 9.17) is 5.11 Å². The molecule has 1 aromatic carbocycles. The van der Waals surface area contributed by atoms with Crippen LogP contribution in [0, 0.1) is 5.92 Å². The van der Waals surface area contributed by atoms with E-state index in [0.29, 0.717) is 6.54 Å². The van der Waals surface area contributed by atoms with Gasteiger partial charge in [0.1, 0.15) is 0 Å². The minimum absolute atomic E-state index is 0.00212. The van der Waals surface area contributed by atoms with E-state index < -0.39 is 0 Å². The van der Waals surface area contributed by atoms with Crippen LogP contribution in [0.4, 0.5) is 0 Å². The van der Waals surface area contributed by atoms with E-state index in [-0.39, 0.29) is 24.5 Å². The third-order valence-corrected chi connectivity index (χ3v) is 3.03. The quantitative estimate of drug-likeness (QED) is 0.749. The van der Waals surface area contributed by atoms with Crippen LogP contribution in [0.1, 0.15) is 12.5 Å². The lowest BCUT2D eigenvalue weighted by Crippen LogP contribution is -2.60. The number of benzene rings is 1. The molecule has 0 aliphatic carbocycles. The van der Waals surface area contributed by atoms with Gasteiger partial charge in [-0.3, -0.25) is 4.79 Å². The minimum Gasteiger partial charge on any atom is -0.394 e. The average Bonchev–Trinajstić information content (AvgIpc) is 2.29. The highest BCUT2D eigenvalue weighted by molar-refractivity contribution is 5.85. The number of β-lactam (4-membered cyclic amide) rings is 1. The lowest BCUT2D eigenvalue weighted by molar-refractivity contribution is -0.158. The van der Waals surface area contributed by atoms with Crippen LogP contribution in [0.5, 0.6) is 0 Å². The summed E-state index contributed by atoms with van der Waals surface area (Å²) in [6, 6.07) is 9.84. The number of aliphatic hydroxyl groups excluding tert-OH is 1. The Morgan fingerprint density at radius 3 is 2.60 bits per heavy atom. The highest BCUT2D eigenvalue weighted by Gasteiger charge is 2.43. The van der Waals surface area contributed by atoms with Crippen molar-refractivity contribution in [1.82, 2.24) is 4.90 Å². The van der Waals surface area contributed by atoms with E-state index in [9.17, 15) is 4.79 Å². The molecule has 0 radical (unpaired) electrons. The zero-order chi connectivity index (χ0) is 10.8.